The minimum atomic E-state index is -4.55. The van der Waals surface area contributed by atoms with Crippen LogP contribution < -0.4 is 9.47 Å². The van der Waals surface area contributed by atoms with E-state index in [1.54, 1.807) is 60.7 Å². The third-order valence-electron chi connectivity index (χ3n) is 8.61. The van der Waals surface area contributed by atoms with E-state index in [-0.39, 0.29) is 11.1 Å². The molecule has 47 heavy (non-hydrogen) atoms. The fourth-order valence-electron chi connectivity index (χ4n) is 6.19. The van der Waals surface area contributed by atoms with E-state index >= 15 is 8.78 Å². The number of methoxy groups -OCH3 is 2. The van der Waals surface area contributed by atoms with Gasteiger partial charge in [0.25, 0.3) is 0 Å². The molecule has 4 nitrogen and oxygen atoms in total. The maximum Gasteiger partial charge on any atom is 0.174 e. The zero-order valence-electron chi connectivity index (χ0n) is 25.4. The molecule has 4 aromatic rings. The molecule has 0 heterocycles. The first-order chi connectivity index (χ1) is 22.5. The van der Waals surface area contributed by atoms with E-state index in [4.69, 9.17) is 32.7 Å². The second-order valence-electron chi connectivity index (χ2n) is 11.3. The molecule has 0 saturated carbocycles. The van der Waals surface area contributed by atoms with Crippen molar-refractivity contribution in [1.82, 2.24) is 0 Å². The molecule has 0 bridgehead atoms. The summed E-state index contributed by atoms with van der Waals surface area (Å²) in [5.74, 6) is 1.16. The van der Waals surface area contributed by atoms with Crippen LogP contribution in [0.25, 0.3) is 22.3 Å². The average Bonchev–Trinajstić information content (AvgIpc) is 3.08. The van der Waals surface area contributed by atoms with Gasteiger partial charge < -0.3 is 9.47 Å². The minimum absolute atomic E-state index is 0.107. The molecule has 0 N–H and O–H groups in total. The summed E-state index contributed by atoms with van der Waals surface area (Å²) in [6, 6.07) is 23.2. The molecule has 0 fully saturated rings. The van der Waals surface area contributed by atoms with E-state index in [9.17, 15) is 8.42 Å². The van der Waals surface area contributed by atoms with Gasteiger partial charge in [-0.3, -0.25) is 0 Å². The van der Waals surface area contributed by atoms with Crippen molar-refractivity contribution < 1.29 is 26.7 Å². The monoisotopic (exact) mass is 690 g/mol. The van der Waals surface area contributed by atoms with Crippen LogP contribution in [0.5, 0.6) is 11.5 Å². The van der Waals surface area contributed by atoms with Crippen molar-refractivity contribution in [2.45, 2.75) is 21.8 Å². The van der Waals surface area contributed by atoms with E-state index in [2.05, 4.69) is 0 Å². The maximum absolute atomic E-state index is 17.2. The number of rotatable bonds is 8. The quantitative estimate of drug-likeness (QED) is 0.185. The predicted octanol–water partition coefficient (Wildman–Crippen LogP) is 9.78. The molecular formula is C38H30Cl2F2O4S. The Labute approximate surface area is 283 Å². The van der Waals surface area contributed by atoms with Gasteiger partial charge in [0.15, 0.2) is 21.2 Å². The Morgan fingerprint density at radius 1 is 0.596 bits per heavy atom. The summed E-state index contributed by atoms with van der Waals surface area (Å²) in [5, 5.41) is -2.42. The van der Waals surface area contributed by atoms with E-state index < -0.39 is 31.7 Å². The number of hydrogen-bond donors (Lipinski definition) is 0. The van der Waals surface area contributed by atoms with Crippen LogP contribution in [-0.4, -0.2) is 33.1 Å². The molecule has 0 spiro atoms. The van der Waals surface area contributed by atoms with Gasteiger partial charge in [-0.2, -0.15) is 0 Å². The Morgan fingerprint density at radius 3 is 1.34 bits per heavy atom. The molecule has 4 atom stereocenters. The first-order valence-electron chi connectivity index (χ1n) is 14.7. The molecule has 0 aromatic heterocycles. The van der Waals surface area contributed by atoms with Crippen LogP contribution in [0.3, 0.4) is 0 Å². The third kappa shape index (κ3) is 5.93. The van der Waals surface area contributed by atoms with Crippen LogP contribution in [0.2, 0.25) is 10.0 Å². The smallest absolute Gasteiger partial charge is 0.174 e. The lowest BCUT2D eigenvalue weighted by molar-refractivity contribution is 0.222. The number of hydrogen-bond acceptors (Lipinski definition) is 4. The summed E-state index contributed by atoms with van der Waals surface area (Å²) in [6.07, 6.45) is 10.8. The van der Waals surface area contributed by atoms with Gasteiger partial charge >= 0.3 is 0 Å². The zero-order chi connectivity index (χ0) is 33.4. The molecule has 0 radical (unpaired) electrons. The van der Waals surface area contributed by atoms with Gasteiger partial charge in [-0.25, -0.2) is 17.2 Å². The van der Waals surface area contributed by atoms with E-state index in [0.717, 1.165) is 0 Å². The fourth-order valence-corrected chi connectivity index (χ4v) is 8.85. The molecule has 0 aliphatic heterocycles. The van der Waals surface area contributed by atoms with Crippen LogP contribution in [-0.2, 0) is 21.2 Å². The lowest BCUT2D eigenvalue weighted by atomic mass is 9.87. The van der Waals surface area contributed by atoms with Crippen molar-refractivity contribution >= 4 is 33.0 Å². The zero-order valence-corrected chi connectivity index (χ0v) is 27.7. The van der Waals surface area contributed by atoms with Crippen LogP contribution in [0, 0.1) is 0 Å². The molecule has 0 saturated heterocycles. The Kier molecular flexibility index (Phi) is 8.92. The third-order valence-corrected chi connectivity index (χ3v) is 11.5. The number of sulfone groups is 1. The van der Waals surface area contributed by atoms with Gasteiger partial charge in [0.2, 0.25) is 0 Å². The first kappa shape index (κ1) is 32.8. The SMILES string of the molecule is COc1ccc(Cl)cc1-c1ccc(C2(F)C=CC=CC2S(=O)(=O)C2C=CC=CC2(F)c2ccc(-c3cc(Cl)ccc3OC)cc2)cc1. The van der Waals surface area contributed by atoms with Gasteiger partial charge in [0.1, 0.15) is 22.0 Å². The van der Waals surface area contributed by atoms with Gasteiger partial charge in [-0.1, -0.05) is 108 Å². The van der Waals surface area contributed by atoms with Crippen molar-refractivity contribution in [3.05, 3.63) is 155 Å². The summed E-state index contributed by atoms with van der Waals surface area (Å²) >= 11 is 12.4. The fraction of sp³-hybridized carbons (Fsp3) is 0.158. The van der Waals surface area contributed by atoms with E-state index in [1.165, 1.54) is 87.1 Å². The van der Waals surface area contributed by atoms with Gasteiger partial charge in [0, 0.05) is 21.2 Å². The molecule has 0 amide bonds. The number of allylic oxidation sites excluding steroid dienone is 6. The van der Waals surface area contributed by atoms with E-state index in [1.807, 2.05) is 0 Å². The van der Waals surface area contributed by atoms with Gasteiger partial charge in [0.05, 0.1) is 14.2 Å². The molecule has 2 aliphatic rings. The first-order valence-corrected chi connectivity index (χ1v) is 17.1. The number of alkyl halides is 2. The normalized spacial score (nSPS) is 23.5. The molecule has 2 aliphatic carbocycles. The molecular weight excluding hydrogens is 661 g/mol. The Hall–Kier alpha value is -4.17. The van der Waals surface area contributed by atoms with Crippen molar-refractivity contribution in [3.63, 3.8) is 0 Å². The topological polar surface area (TPSA) is 52.6 Å². The maximum atomic E-state index is 17.2. The molecule has 4 unspecified atom stereocenters. The standard InChI is InChI=1S/C38H30Cl2F2O4S/c1-45-33-19-17-29(39)23-31(33)25-9-13-27(14-10-25)37(41)21-5-3-7-35(37)47(43,44)36-8-4-6-22-38(36,42)28-15-11-26(12-16-28)32-24-30(40)18-20-34(32)46-2/h3-24,35-36H,1-2H3. The predicted molar refractivity (Wildman–Crippen MR) is 186 cm³/mol. The van der Waals surface area contributed by atoms with Crippen molar-refractivity contribution in [2.24, 2.45) is 0 Å². The second kappa shape index (κ2) is 12.8. The molecule has 240 valence electrons. The summed E-state index contributed by atoms with van der Waals surface area (Å²) in [7, 11) is -1.48. The van der Waals surface area contributed by atoms with Crippen LogP contribution in [0.15, 0.2) is 134 Å². The molecule has 4 aromatic carbocycles. The highest BCUT2D eigenvalue weighted by atomic mass is 35.5. The lowest BCUT2D eigenvalue weighted by Gasteiger charge is -2.38. The van der Waals surface area contributed by atoms with Gasteiger partial charge in [-0.05, 0) is 70.8 Å². The van der Waals surface area contributed by atoms with Gasteiger partial charge in [-0.15, -0.1) is 0 Å². The average molecular weight is 692 g/mol. The highest BCUT2D eigenvalue weighted by Crippen LogP contribution is 2.47. The second-order valence-corrected chi connectivity index (χ2v) is 14.4. The van der Waals surface area contributed by atoms with Crippen molar-refractivity contribution in [1.29, 1.82) is 0 Å². The minimum Gasteiger partial charge on any atom is -0.496 e. The summed E-state index contributed by atoms with van der Waals surface area (Å²) in [5.41, 5.74) is -1.94. The van der Waals surface area contributed by atoms with E-state index in [0.29, 0.717) is 43.8 Å². The number of benzene rings is 4. The van der Waals surface area contributed by atoms with Crippen LogP contribution in [0.1, 0.15) is 11.1 Å². The number of ether oxygens (including phenoxy) is 2. The van der Waals surface area contributed by atoms with Crippen molar-refractivity contribution in [2.75, 3.05) is 14.2 Å². The molecule has 9 heteroatoms. The highest BCUT2D eigenvalue weighted by Gasteiger charge is 2.54. The summed E-state index contributed by atoms with van der Waals surface area (Å²) in [6.45, 7) is 0. The Morgan fingerprint density at radius 2 is 0.979 bits per heavy atom. The highest BCUT2D eigenvalue weighted by molar-refractivity contribution is 7.93. The molecule has 6 rings (SSSR count). The summed E-state index contributed by atoms with van der Waals surface area (Å²) < 4.78 is 74.2. The summed E-state index contributed by atoms with van der Waals surface area (Å²) in [4.78, 5) is 0. The lowest BCUT2D eigenvalue weighted by Crippen LogP contribution is -2.49. The van der Waals surface area contributed by atoms with Crippen LogP contribution >= 0.6 is 23.2 Å². The van der Waals surface area contributed by atoms with Crippen LogP contribution in [0.4, 0.5) is 8.78 Å². The Balaban J connectivity index is 1.35. The largest absolute Gasteiger partial charge is 0.496 e. The number of halogens is 4. The van der Waals surface area contributed by atoms with Crippen molar-refractivity contribution in [3.8, 4) is 33.8 Å². The Bertz CT molecular complexity index is 1900.